The van der Waals surface area contributed by atoms with Crippen molar-refractivity contribution < 1.29 is 21.9 Å². The van der Waals surface area contributed by atoms with Gasteiger partial charge >= 0.3 is 10.4 Å². The Morgan fingerprint density at radius 2 is 1.46 bits per heavy atom. The van der Waals surface area contributed by atoms with Crippen LogP contribution in [0.3, 0.4) is 0 Å². The maximum atomic E-state index is 13.2. The van der Waals surface area contributed by atoms with Crippen molar-refractivity contribution in [3.8, 4) is 0 Å². The normalized spacial score (nSPS) is 27.2. The van der Waals surface area contributed by atoms with Crippen molar-refractivity contribution in [2.24, 2.45) is 10.8 Å². The van der Waals surface area contributed by atoms with Crippen molar-refractivity contribution in [1.82, 2.24) is 0 Å². The van der Waals surface area contributed by atoms with Crippen LogP contribution in [0.1, 0.15) is 91.4 Å². The van der Waals surface area contributed by atoms with Crippen molar-refractivity contribution >= 4 is 16.2 Å². The standard InChI is InChI=1S/C18H34O5S/c1-17(2)12-9-7-5-4-6-8-10-13-18(3,16(17)19)14-11-15-23-24(20,21)22/h4-15H2,1-3H3,(H,20,21,22). The van der Waals surface area contributed by atoms with Crippen molar-refractivity contribution in [3.05, 3.63) is 0 Å². The van der Waals surface area contributed by atoms with E-state index in [1.165, 1.54) is 25.7 Å². The summed E-state index contributed by atoms with van der Waals surface area (Å²) in [6.45, 7) is 6.00. The minimum atomic E-state index is -4.40. The Morgan fingerprint density at radius 1 is 0.958 bits per heavy atom. The predicted octanol–water partition coefficient (Wildman–Crippen LogP) is 4.71. The summed E-state index contributed by atoms with van der Waals surface area (Å²) in [5.74, 6) is 0.280. The monoisotopic (exact) mass is 362 g/mol. The third-order valence-electron chi connectivity index (χ3n) is 5.30. The van der Waals surface area contributed by atoms with Gasteiger partial charge in [-0.2, -0.15) is 8.42 Å². The number of ketones is 1. The largest absolute Gasteiger partial charge is 0.397 e. The molecule has 1 saturated carbocycles. The van der Waals surface area contributed by atoms with E-state index >= 15 is 0 Å². The first-order chi connectivity index (χ1) is 11.1. The molecule has 0 radical (unpaired) electrons. The maximum Gasteiger partial charge on any atom is 0.397 e. The summed E-state index contributed by atoms with van der Waals surface area (Å²) < 4.78 is 34.4. The lowest BCUT2D eigenvalue weighted by atomic mass is 9.66. The molecule has 1 unspecified atom stereocenters. The summed E-state index contributed by atoms with van der Waals surface area (Å²) >= 11 is 0. The number of carbonyl (C=O) groups is 1. The first-order valence-corrected chi connectivity index (χ1v) is 10.6. The average molecular weight is 363 g/mol. The molecular formula is C18H34O5S. The third-order valence-corrected chi connectivity index (χ3v) is 5.76. The number of hydrogen-bond acceptors (Lipinski definition) is 4. The van der Waals surface area contributed by atoms with Gasteiger partial charge in [-0.05, 0) is 25.7 Å². The molecule has 1 rings (SSSR count). The Balaban J connectivity index is 2.75. The second-order valence-corrected chi connectivity index (χ2v) is 9.19. The number of carbonyl (C=O) groups excluding carboxylic acids is 1. The van der Waals surface area contributed by atoms with Crippen LogP contribution >= 0.6 is 0 Å². The summed E-state index contributed by atoms with van der Waals surface area (Å²) in [6.07, 6.45) is 11.0. The molecule has 1 N–H and O–H groups in total. The van der Waals surface area contributed by atoms with Gasteiger partial charge < -0.3 is 0 Å². The van der Waals surface area contributed by atoms with E-state index in [0.29, 0.717) is 12.8 Å². The molecule has 0 aliphatic heterocycles. The van der Waals surface area contributed by atoms with Crippen LogP contribution in [0.4, 0.5) is 0 Å². The number of rotatable bonds is 5. The molecule has 0 aromatic carbocycles. The molecular weight excluding hydrogens is 328 g/mol. The zero-order valence-corrected chi connectivity index (χ0v) is 16.3. The van der Waals surface area contributed by atoms with Gasteiger partial charge in [-0.1, -0.05) is 65.7 Å². The highest BCUT2D eigenvalue weighted by molar-refractivity contribution is 7.80. The highest BCUT2D eigenvalue weighted by atomic mass is 32.3. The van der Waals surface area contributed by atoms with E-state index < -0.39 is 15.8 Å². The van der Waals surface area contributed by atoms with Crippen LogP contribution < -0.4 is 0 Å². The molecule has 1 aliphatic carbocycles. The van der Waals surface area contributed by atoms with Gasteiger partial charge in [0.05, 0.1) is 6.61 Å². The minimum Gasteiger partial charge on any atom is -0.298 e. The summed E-state index contributed by atoms with van der Waals surface area (Å²) in [6, 6.07) is 0. The molecule has 0 spiro atoms. The molecule has 0 saturated heterocycles. The second kappa shape index (κ2) is 9.30. The van der Waals surface area contributed by atoms with Gasteiger partial charge in [0.2, 0.25) is 0 Å². The molecule has 24 heavy (non-hydrogen) atoms. The Morgan fingerprint density at radius 3 is 2.00 bits per heavy atom. The number of hydrogen-bond donors (Lipinski definition) is 1. The van der Waals surface area contributed by atoms with Gasteiger partial charge in [0.15, 0.2) is 0 Å². The first kappa shape index (κ1) is 21.6. The van der Waals surface area contributed by atoms with Crippen LogP contribution in [0.25, 0.3) is 0 Å². The van der Waals surface area contributed by atoms with Crippen LogP contribution in [0, 0.1) is 10.8 Å². The van der Waals surface area contributed by atoms with Gasteiger partial charge in [0.25, 0.3) is 0 Å². The van der Waals surface area contributed by atoms with Crippen molar-refractivity contribution in [1.29, 1.82) is 0 Å². The van der Waals surface area contributed by atoms with Crippen LogP contribution in [0.15, 0.2) is 0 Å². The molecule has 0 amide bonds. The average Bonchev–Trinajstić information content (AvgIpc) is 2.47. The highest BCUT2D eigenvalue weighted by Crippen LogP contribution is 2.41. The van der Waals surface area contributed by atoms with Gasteiger partial charge in [0.1, 0.15) is 5.78 Å². The topological polar surface area (TPSA) is 80.7 Å². The van der Waals surface area contributed by atoms with E-state index in [0.717, 1.165) is 32.1 Å². The molecule has 0 heterocycles. The Hall–Kier alpha value is -0.460. The van der Waals surface area contributed by atoms with E-state index in [4.69, 9.17) is 4.55 Å². The van der Waals surface area contributed by atoms with Gasteiger partial charge in [-0.3, -0.25) is 9.35 Å². The predicted molar refractivity (Wildman–Crippen MR) is 95.2 cm³/mol. The lowest BCUT2D eigenvalue weighted by Gasteiger charge is -2.37. The van der Waals surface area contributed by atoms with E-state index in [-0.39, 0.29) is 17.8 Å². The summed E-state index contributed by atoms with van der Waals surface area (Å²) in [5, 5.41) is 0. The Labute approximate surface area is 147 Å². The SMILES string of the molecule is CC1(C)CCCCCCCCCC(C)(CCCOS(=O)(=O)O)C1=O. The lowest BCUT2D eigenvalue weighted by molar-refractivity contribution is -0.138. The van der Waals surface area contributed by atoms with Gasteiger partial charge in [-0.25, -0.2) is 4.18 Å². The molecule has 6 heteroatoms. The molecule has 1 aliphatic rings. The van der Waals surface area contributed by atoms with Gasteiger partial charge in [-0.15, -0.1) is 0 Å². The van der Waals surface area contributed by atoms with Crippen LogP contribution in [-0.4, -0.2) is 25.4 Å². The molecule has 0 bridgehead atoms. The maximum absolute atomic E-state index is 13.2. The van der Waals surface area contributed by atoms with Crippen LogP contribution in [-0.2, 0) is 19.4 Å². The number of Topliss-reactive ketones (excluding diaryl/α,β-unsaturated/α-hetero) is 1. The fourth-order valence-corrected chi connectivity index (χ4v) is 4.20. The zero-order chi connectivity index (χ0) is 18.3. The van der Waals surface area contributed by atoms with Gasteiger partial charge in [0, 0.05) is 10.8 Å². The molecule has 5 nitrogen and oxygen atoms in total. The fourth-order valence-electron chi connectivity index (χ4n) is 3.88. The molecule has 0 aromatic heterocycles. The Kier molecular flexibility index (Phi) is 8.36. The van der Waals surface area contributed by atoms with Crippen molar-refractivity contribution in [3.63, 3.8) is 0 Å². The summed E-state index contributed by atoms with van der Waals surface area (Å²) in [4.78, 5) is 13.2. The second-order valence-electron chi connectivity index (χ2n) is 8.10. The van der Waals surface area contributed by atoms with Crippen molar-refractivity contribution in [2.45, 2.75) is 91.4 Å². The van der Waals surface area contributed by atoms with E-state index in [9.17, 15) is 13.2 Å². The molecule has 0 aromatic rings. The lowest BCUT2D eigenvalue weighted by Crippen LogP contribution is -2.39. The quantitative estimate of drug-likeness (QED) is 0.566. The third kappa shape index (κ3) is 7.62. The highest BCUT2D eigenvalue weighted by Gasteiger charge is 2.41. The zero-order valence-electron chi connectivity index (χ0n) is 15.5. The minimum absolute atomic E-state index is 0.0812. The molecule has 1 fully saturated rings. The smallest absolute Gasteiger partial charge is 0.298 e. The van der Waals surface area contributed by atoms with Crippen LogP contribution in [0.2, 0.25) is 0 Å². The Bertz CT molecular complexity index is 498. The van der Waals surface area contributed by atoms with E-state index in [1.54, 1.807) is 0 Å². The summed E-state index contributed by atoms with van der Waals surface area (Å²) in [7, 11) is -4.40. The molecule has 142 valence electrons. The van der Waals surface area contributed by atoms with Crippen LogP contribution in [0.5, 0.6) is 0 Å². The first-order valence-electron chi connectivity index (χ1n) is 9.24. The fraction of sp³-hybridized carbons (Fsp3) is 0.944. The van der Waals surface area contributed by atoms with E-state index in [2.05, 4.69) is 4.18 Å². The van der Waals surface area contributed by atoms with E-state index in [1.807, 2.05) is 20.8 Å². The van der Waals surface area contributed by atoms with Crippen molar-refractivity contribution in [2.75, 3.05) is 6.61 Å². The summed E-state index contributed by atoms with van der Waals surface area (Å²) in [5.41, 5.74) is -0.802. The molecule has 1 atom stereocenters.